The lowest BCUT2D eigenvalue weighted by Gasteiger charge is -2.26. The van der Waals surface area contributed by atoms with Gasteiger partial charge >= 0.3 is 0 Å². The molecule has 7 nitrogen and oxygen atoms in total. The molecule has 0 radical (unpaired) electrons. The van der Waals surface area contributed by atoms with E-state index >= 15 is 0 Å². The molecule has 184 valence electrons. The molecule has 1 unspecified atom stereocenters. The monoisotopic (exact) mass is 512 g/mol. The number of amides is 2. The summed E-state index contributed by atoms with van der Waals surface area (Å²) in [6, 6.07) is 5.78. The minimum Gasteiger partial charge on any atom is -0.488 e. The molecule has 0 saturated carbocycles. The quantitative estimate of drug-likeness (QED) is 0.485. The van der Waals surface area contributed by atoms with E-state index in [1.807, 2.05) is 45.9 Å². The summed E-state index contributed by atoms with van der Waals surface area (Å²) in [7, 11) is 0. The average Bonchev–Trinajstić information content (AvgIpc) is 3.31. The maximum absolute atomic E-state index is 12.9. The van der Waals surface area contributed by atoms with Gasteiger partial charge < -0.3 is 10.1 Å². The van der Waals surface area contributed by atoms with Gasteiger partial charge in [0.15, 0.2) is 5.65 Å². The first-order valence-electron chi connectivity index (χ1n) is 11.9. The van der Waals surface area contributed by atoms with Crippen LogP contribution in [-0.4, -0.2) is 45.9 Å². The van der Waals surface area contributed by atoms with E-state index in [9.17, 15) is 9.59 Å². The van der Waals surface area contributed by atoms with Crippen molar-refractivity contribution in [1.82, 2.24) is 20.2 Å². The molecule has 0 bridgehead atoms. The predicted octanol–water partition coefficient (Wildman–Crippen LogP) is 4.98. The molecule has 0 aliphatic carbocycles. The number of aromatic nitrogens is 2. The second-order valence-electron chi connectivity index (χ2n) is 9.98. The number of carbonyl (C=O) groups excluding carboxylic acids is 2. The standard InChI is InChI=1S/C26H29ClN4O3S/c1-14-10-16(27)11-19(21(14)34-17-6-5-8-28-12-17)18-7-9-29-23-22(18)35-20(30-23)13-31-24(32)15(2)26(3,4)25(31)33/h7,9-11,15,17,28H,5-6,8,12-13H2,1-4H3/t15?,17-/m0/s1. The first kappa shape index (κ1) is 24.2. The number of piperidine rings is 1. The number of fused-ring (bicyclic) bond motifs is 1. The number of thiazole rings is 1. The largest absolute Gasteiger partial charge is 0.488 e. The third-order valence-electron chi connectivity index (χ3n) is 7.21. The Bertz CT molecular complexity index is 1320. The van der Waals surface area contributed by atoms with Crippen LogP contribution < -0.4 is 10.1 Å². The Morgan fingerprint density at radius 2 is 2.09 bits per heavy atom. The number of hydrogen-bond acceptors (Lipinski definition) is 7. The highest BCUT2D eigenvalue weighted by Gasteiger charge is 2.51. The van der Waals surface area contributed by atoms with Crippen LogP contribution in [0.5, 0.6) is 5.75 Å². The number of pyridine rings is 1. The molecule has 2 amide bonds. The number of nitrogens with one attached hydrogen (secondary N) is 1. The SMILES string of the molecule is Cc1cc(Cl)cc(-c2ccnc3nc(CN4C(=O)C(C)C(C)(C)C4=O)sc23)c1O[C@H]1CCCNC1. The van der Waals surface area contributed by atoms with Gasteiger partial charge in [0.2, 0.25) is 11.8 Å². The van der Waals surface area contributed by atoms with E-state index in [0.29, 0.717) is 15.7 Å². The molecule has 1 N–H and O–H groups in total. The molecule has 2 atom stereocenters. The van der Waals surface area contributed by atoms with Crippen LogP contribution in [0.15, 0.2) is 24.4 Å². The topological polar surface area (TPSA) is 84.4 Å². The van der Waals surface area contributed by atoms with Crippen LogP contribution in [0.2, 0.25) is 5.02 Å². The first-order valence-corrected chi connectivity index (χ1v) is 13.1. The van der Waals surface area contributed by atoms with Gasteiger partial charge in [0.1, 0.15) is 16.9 Å². The Morgan fingerprint density at radius 3 is 2.77 bits per heavy atom. The summed E-state index contributed by atoms with van der Waals surface area (Å²) < 4.78 is 7.37. The fraction of sp³-hybridized carbons (Fsp3) is 0.462. The van der Waals surface area contributed by atoms with E-state index in [-0.39, 0.29) is 30.4 Å². The van der Waals surface area contributed by atoms with Gasteiger partial charge in [-0.25, -0.2) is 9.97 Å². The van der Waals surface area contributed by atoms with E-state index < -0.39 is 5.41 Å². The number of rotatable bonds is 5. The lowest BCUT2D eigenvalue weighted by Crippen LogP contribution is -2.37. The van der Waals surface area contributed by atoms with Crippen LogP contribution in [0.4, 0.5) is 0 Å². The molecule has 3 aromatic rings. The summed E-state index contributed by atoms with van der Waals surface area (Å²) in [4.78, 5) is 36.1. The van der Waals surface area contributed by atoms with Crippen LogP contribution >= 0.6 is 22.9 Å². The van der Waals surface area contributed by atoms with Crippen molar-refractivity contribution in [2.45, 2.75) is 53.2 Å². The Kier molecular flexibility index (Phi) is 6.32. The average molecular weight is 513 g/mol. The van der Waals surface area contributed by atoms with Crippen molar-refractivity contribution in [3.63, 3.8) is 0 Å². The van der Waals surface area contributed by atoms with Gasteiger partial charge in [-0.15, -0.1) is 11.3 Å². The van der Waals surface area contributed by atoms with Crippen LogP contribution in [0.25, 0.3) is 21.5 Å². The lowest BCUT2D eigenvalue weighted by atomic mass is 9.82. The summed E-state index contributed by atoms with van der Waals surface area (Å²) >= 11 is 7.93. The van der Waals surface area contributed by atoms with Crippen molar-refractivity contribution in [2.75, 3.05) is 13.1 Å². The number of likely N-dealkylation sites (tertiary alicyclic amines) is 1. The molecule has 0 spiro atoms. The van der Waals surface area contributed by atoms with Gasteiger partial charge in [-0.3, -0.25) is 14.5 Å². The molecule has 35 heavy (non-hydrogen) atoms. The minimum absolute atomic E-state index is 0.0919. The normalized spacial score (nSPS) is 22.3. The zero-order chi connectivity index (χ0) is 24.9. The van der Waals surface area contributed by atoms with Gasteiger partial charge in [0, 0.05) is 34.8 Å². The van der Waals surface area contributed by atoms with Crippen LogP contribution in [-0.2, 0) is 16.1 Å². The number of nitrogens with zero attached hydrogens (tertiary/aromatic N) is 3. The highest BCUT2D eigenvalue weighted by atomic mass is 35.5. The van der Waals surface area contributed by atoms with Crippen molar-refractivity contribution >= 4 is 45.1 Å². The summed E-state index contributed by atoms with van der Waals surface area (Å²) in [6.45, 7) is 9.43. The van der Waals surface area contributed by atoms with Crippen LogP contribution in [0.1, 0.15) is 44.2 Å². The predicted molar refractivity (Wildman–Crippen MR) is 138 cm³/mol. The zero-order valence-electron chi connectivity index (χ0n) is 20.4. The fourth-order valence-corrected chi connectivity index (χ4v) is 6.10. The van der Waals surface area contributed by atoms with E-state index in [1.54, 1.807) is 6.20 Å². The van der Waals surface area contributed by atoms with Gasteiger partial charge in [0.25, 0.3) is 0 Å². The van der Waals surface area contributed by atoms with E-state index in [1.165, 1.54) is 16.2 Å². The number of carbonyl (C=O) groups is 2. The summed E-state index contributed by atoms with van der Waals surface area (Å²) in [6.07, 6.45) is 3.89. The fourth-order valence-electron chi connectivity index (χ4n) is 4.79. The Morgan fingerprint density at radius 1 is 1.29 bits per heavy atom. The summed E-state index contributed by atoms with van der Waals surface area (Å²) in [5.74, 6) is 0.131. The number of ether oxygens (including phenoxy) is 1. The summed E-state index contributed by atoms with van der Waals surface area (Å²) in [5.41, 5.74) is 2.66. The first-order chi connectivity index (χ1) is 16.7. The smallest absolute Gasteiger partial charge is 0.236 e. The van der Waals surface area contributed by atoms with Gasteiger partial charge in [-0.2, -0.15) is 0 Å². The van der Waals surface area contributed by atoms with Crippen molar-refractivity contribution in [3.8, 4) is 16.9 Å². The molecule has 2 aliphatic rings. The molecule has 4 heterocycles. The molecule has 2 saturated heterocycles. The Balaban J connectivity index is 1.53. The molecule has 2 aliphatic heterocycles. The minimum atomic E-state index is -0.713. The van der Waals surface area contributed by atoms with E-state index in [4.69, 9.17) is 16.3 Å². The number of halogens is 1. The Hall–Kier alpha value is -2.55. The second kappa shape index (κ2) is 9.15. The third-order valence-corrected chi connectivity index (χ3v) is 8.49. The molecule has 5 rings (SSSR count). The van der Waals surface area contributed by atoms with Gasteiger partial charge in [-0.1, -0.05) is 32.4 Å². The van der Waals surface area contributed by atoms with Crippen molar-refractivity contribution in [3.05, 3.63) is 40.0 Å². The molecule has 1 aromatic carbocycles. The third kappa shape index (κ3) is 4.32. The van der Waals surface area contributed by atoms with Crippen molar-refractivity contribution in [2.24, 2.45) is 11.3 Å². The number of imide groups is 1. The Labute approximate surface area is 213 Å². The van der Waals surface area contributed by atoms with Crippen molar-refractivity contribution < 1.29 is 14.3 Å². The lowest BCUT2D eigenvalue weighted by molar-refractivity contribution is -0.141. The second-order valence-corrected chi connectivity index (χ2v) is 11.5. The number of aryl methyl sites for hydroxylation is 1. The molecule has 9 heteroatoms. The maximum atomic E-state index is 12.9. The molecular formula is C26H29ClN4O3S. The highest BCUT2D eigenvalue weighted by Crippen LogP contribution is 2.42. The highest BCUT2D eigenvalue weighted by molar-refractivity contribution is 7.19. The van der Waals surface area contributed by atoms with Crippen LogP contribution in [0.3, 0.4) is 0 Å². The molecular weight excluding hydrogens is 484 g/mol. The van der Waals surface area contributed by atoms with Crippen LogP contribution in [0, 0.1) is 18.3 Å². The van der Waals surface area contributed by atoms with Gasteiger partial charge in [-0.05, 0) is 50.1 Å². The van der Waals surface area contributed by atoms with E-state index in [2.05, 4.69) is 15.3 Å². The number of benzene rings is 1. The van der Waals surface area contributed by atoms with Crippen molar-refractivity contribution in [1.29, 1.82) is 0 Å². The van der Waals surface area contributed by atoms with Gasteiger partial charge in [0.05, 0.1) is 16.7 Å². The number of hydrogen-bond donors (Lipinski definition) is 1. The van der Waals surface area contributed by atoms with E-state index in [0.717, 1.165) is 53.1 Å². The molecule has 2 aromatic heterocycles. The molecule has 2 fully saturated rings. The summed E-state index contributed by atoms with van der Waals surface area (Å²) in [5, 5.41) is 4.70. The zero-order valence-corrected chi connectivity index (χ0v) is 21.9. The maximum Gasteiger partial charge on any atom is 0.236 e.